The maximum absolute atomic E-state index is 4.76. The van der Waals surface area contributed by atoms with E-state index in [0.717, 1.165) is 43.4 Å². The van der Waals surface area contributed by atoms with E-state index in [9.17, 15) is 0 Å². The Morgan fingerprint density at radius 1 is 0.824 bits per heavy atom. The van der Waals surface area contributed by atoms with Gasteiger partial charge in [0.25, 0.3) is 0 Å². The second-order valence-corrected chi connectivity index (χ2v) is 9.12. The Bertz CT molecular complexity index is 1510. The molecule has 5 heteroatoms. The van der Waals surface area contributed by atoms with Gasteiger partial charge in [-0.15, -0.1) is 35.1 Å². The van der Waals surface area contributed by atoms with Crippen molar-refractivity contribution < 1.29 is 20.1 Å². The molecular formula is C29H20IrN3S-. The van der Waals surface area contributed by atoms with Crippen LogP contribution in [0.3, 0.4) is 0 Å². The third-order valence-electron chi connectivity index (χ3n) is 5.76. The van der Waals surface area contributed by atoms with Crippen molar-refractivity contribution in [1.82, 2.24) is 14.5 Å². The number of rotatable bonds is 4. The van der Waals surface area contributed by atoms with E-state index >= 15 is 0 Å². The maximum Gasteiger partial charge on any atom is 0.0779 e. The zero-order valence-corrected chi connectivity index (χ0v) is 21.6. The molecule has 0 bridgehead atoms. The Morgan fingerprint density at radius 3 is 2.12 bits per heavy atom. The van der Waals surface area contributed by atoms with Gasteiger partial charge in [-0.1, -0.05) is 78.9 Å². The summed E-state index contributed by atoms with van der Waals surface area (Å²) < 4.78 is 3.34. The molecule has 0 fully saturated rings. The number of fused-ring (bicyclic) bond motifs is 1. The second-order valence-electron chi connectivity index (χ2n) is 7.88. The smallest absolute Gasteiger partial charge is 0.0779 e. The molecule has 0 aliphatic rings. The minimum atomic E-state index is 0. The van der Waals surface area contributed by atoms with Gasteiger partial charge in [0.05, 0.1) is 16.5 Å². The molecule has 0 aliphatic carbocycles. The number of aromatic nitrogens is 3. The molecule has 167 valence electrons. The van der Waals surface area contributed by atoms with E-state index < -0.39 is 0 Å². The van der Waals surface area contributed by atoms with Gasteiger partial charge in [-0.05, 0) is 28.3 Å². The average molecular weight is 635 g/mol. The molecule has 0 saturated carbocycles. The van der Waals surface area contributed by atoms with Crippen LogP contribution in [0, 0.1) is 13.0 Å². The first-order valence-electron chi connectivity index (χ1n) is 10.8. The second kappa shape index (κ2) is 9.47. The van der Waals surface area contributed by atoms with Crippen molar-refractivity contribution in [2.75, 3.05) is 0 Å². The van der Waals surface area contributed by atoms with E-state index in [1.54, 1.807) is 11.3 Å². The minimum absolute atomic E-state index is 0. The van der Waals surface area contributed by atoms with Gasteiger partial charge in [0.1, 0.15) is 0 Å². The van der Waals surface area contributed by atoms with Gasteiger partial charge in [-0.25, -0.2) is 0 Å². The fourth-order valence-electron chi connectivity index (χ4n) is 4.30. The molecule has 0 atom stereocenters. The van der Waals surface area contributed by atoms with Crippen LogP contribution < -0.4 is 0 Å². The number of benzene rings is 4. The first-order chi connectivity index (χ1) is 16.3. The average Bonchev–Trinajstić information content (AvgIpc) is 3.50. The summed E-state index contributed by atoms with van der Waals surface area (Å²) >= 11 is 1.70. The number of hydrogen-bond acceptors (Lipinski definition) is 3. The molecule has 6 aromatic rings. The molecule has 0 spiro atoms. The first-order valence-corrected chi connectivity index (χ1v) is 11.7. The summed E-state index contributed by atoms with van der Waals surface area (Å²) in [6.07, 6.45) is 3.90. The monoisotopic (exact) mass is 635 g/mol. The number of thiazole rings is 1. The summed E-state index contributed by atoms with van der Waals surface area (Å²) in [4.78, 5) is 9.35. The maximum atomic E-state index is 4.76. The van der Waals surface area contributed by atoms with Crippen LogP contribution in [0.5, 0.6) is 0 Å². The van der Waals surface area contributed by atoms with Crippen LogP contribution in [-0.4, -0.2) is 14.5 Å². The van der Waals surface area contributed by atoms with Crippen LogP contribution in [0.4, 0.5) is 0 Å². The van der Waals surface area contributed by atoms with E-state index in [0.29, 0.717) is 0 Å². The molecule has 1 radical (unpaired) electrons. The van der Waals surface area contributed by atoms with Gasteiger partial charge in [0.2, 0.25) is 0 Å². The summed E-state index contributed by atoms with van der Waals surface area (Å²) in [6.45, 7) is 2.04. The van der Waals surface area contributed by atoms with Gasteiger partial charge < -0.3 is 4.57 Å². The molecule has 2 aromatic heterocycles. The van der Waals surface area contributed by atoms with Crippen molar-refractivity contribution in [3.05, 3.63) is 114 Å². The van der Waals surface area contributed by atoms with Crippen molar-refractivity contribution in [1.29, 1.82) is 0 Å². The topological polar surface area (TPSA) is 30.7 Å². The van der Waals surface area contributed by atoms with Gasteiger partial charge >= 0.3 is 0 Å². The Hall–Kier alpha value is -3.37. The van der Waals surface area contributed by atoms with Crippen LogP contribution in [-0.2, 0) is 20.1 Å². The molecule has 34 heavy (non-hydrogen) atoms. The number of nitrogens with zero attached hydrogens (tertiary/aromatic N) is 3. The normalized spacial score (nSPS) is 10.9. The van der Waals surface area contributed by atoms with Crippen LogP contribution in [0.25, 0.3) is 49.5 Å². The van der Waals surface area contributed by atoms with E-state index in [1.165, 1.54) is 11.1 Å². The number of imidazole rings is 1. The molecule has 4 aromatic carbocycles. The van der Waals surface area contributed by atoms with E-state index in [4.69, 9.17) is 4.98 Å². The van der Waals surface area contributed by atoms with Gasteiger partial charge in [0.15, 0.2) is 0 Å². The number of hydrogen-bond donors (Lipinski definition) is 0. The quantitative estimate of drug-likeness (QED) is 0.187. The van der Waals surface area contributed by atoms with Crippen LogP contribution in [0.2, 0.25) is 0 Å². The van der Waals surface area contributed by atoms with Crippen molar-refractivity contribution in [3.63, 3.8) is 0 Å². The summed E-state index contributed by atoms with van der Waals surface area (Å²) in [5.41, 5.74) is 7.70. The summed E-state index contributed by atoms with van der Waals surface area (Å²) in [5.74, 6) is 0.864. The van der Waals surface area contributed by atoms with Crippen LogP contribution in [0.15, 0.2) is 103 Å². The minimum Gasteiger partial charge on any atom is -0.339 e. The SMILES string of the molecule is Cc1nc2c[c-]c(-c3nccn3-c3c(-c4ccccc4)cccc3-c3ccccc3)cc2s1.[Ir]. The van der Waals surface area contributed by atoms with Crippen LogP contribution >= 0.6 is 11.3 Å². The zero-order chi connectivity index (χ0) is 22.2. The molecule has 0 N–H and O–H groups in total. The summed E-state index contributed by atoms with van der Waals surface area (Å²) in [6, 6.07) is 35.1. The molecular weight excluding hydrogens is 615 g/mol. The number of aryl methyl sites for hydroxylation is 1. The first kappa shape index (κ1) is 22.4. The Balaban J connectivity index is 0.00000241. The zero-order valence-electron chi connectivity index (χ0n) is 18.4. The van der Waals surface area contributed by atoms with Crippen molar-refractivity contribution >= 4 is 21.6 Å². The third kappa shape index (κ3) is 4.03. The summed E-state index contributed by atoms with van der Waals surface area (Å²) in [7, 11) is 0. The van der Waals surface area contributed by atoms with Crippen molar-refractivity contribution in [3.8, 4) is 39.3 Å². The van der Waals surface area contributed by atoms with Gasteiger partial charge in [-0.2, -0.15) is 0 Å². The van der Waals surface area contributed by atoms with Gasteiger partial charge in [-0.3, -0.25) is 9.97 Å². The Kier molecular flexibility index (Phi) is 6.25. The standard InChI is InChI=1S/C29H20N3S.Ir/c1-20-31-26-16-15-23(19-27(26)33-20)29-30-17-18-32(29)28-24(21-9-4-2-5-10-21)13-8-14-25(28)22-11-6-3-7-12-22;/h2-14,16-19H,1H3;/q-1;. The van der Waals surface area contributed by atoms with Crippen molar-refractivity contribution in [2.24, 2.45) is 0 Å². The largest absolute Gasteiger partial charge is 0.339 e. The fourth-order valence-corrected chi connectivity index (χ4v) is 5.15. The predicted molar refractivity (Wildman–Crippen MR) is 137 cm³/mol. The van der Waals surface area contributed by atoms with Gasteiger partial charge in [0, 0.05) is 43.6 Å². The fraction of sp³-hybridized carbons (Fsp3) is 0.0345. The summed E-state index contributed by atoms with van der Waals surface area (Å²) in [5, 5.41) is 1.06. The molecule has 6 rings (SSSR count). The third-order valence-corrected chi connectivity index (χ3v) is 6.69. The number of para-hydroxylation sites is 1. The van der Waals surface area contributed by atoms with Crippen LogP contribution in [0.1, 0.15) is 5.01 Å². The Labute approximate surface area is 216 Å². The molecule has 3 nitrogen and oxygen atoms in total. The van der Waals surface area contributed by atoms with E-state index in [2.05, 4.69) is 88.4 Å². The molecule has 0 amide bonds. The van der Waals surface area contributed by atoms with E-state index in [-0.39, 0.29) is 20.1 Å². The molecule has 0 unspecified atom stereocenters. The Morgan fingerprint density at radius 2 is 1.47 bits per heavy atom. The van der Waals surface area contributed by atoms with E-state index in [1.807, 2.05) is 37.5 Å². The molecule has 2 heterocycles. The van der Waals surface area contributed by atoms with Crippen molar-refractivity contribution in [2.45, 2.75) is 6.92 Å². The predicted octanol–water partition coefficient (Wildman–Crippen LogP) is 7.59. The molecule has 0 saturated heterocycles. The molecule has 0 aliphatic heterocycles.